The number of nitrogens with one attached hydrogen (secondary N) is 2. The van der Waals surface area contributed by atoms with Gasteiger partial charge in [-0.05, 0) is 39.0 Å². The number of ether oxygens (including phenoxy) is 3. The molecule has 12 nitrogen and oxygen atoms in total. The molecule has 1 aliphatic carbocycles. The average molecular weight is 625 g/mol. The highest BCUT2D eigenvalue weighted by molar-refractivity contribution is 5.85. The number of rotatable bonds is 11. The molecule has 2 aliphatic rings. The van der Waals surface area contributed by atoms with Crippen LogP contribution in [-0.2, 0) is 22.5 Å². The van der Waals surface area contributed by atoms with E-state index in [0.29, 0.717) is 16.3 Å². The van der Waals surface area contributed by atoms with Crippen LogP contribution in [0.25, 0.3) is 11.2 Å². The van der Waals surface area contributed by atoms with Gasteiger partial charge in [-0.15, -0.1) is 0 Å². The zero-order chi connectivity index (χ0) is 31.8. The monoisotopic (exact) mass is 624 g/mol. The SMILES string of the molecule is C=N/C(=C\C(=C/C)Oc1cnc2nc(Nc3cc(C(F)(F)C(F)(F)F)n(C4CCOC4)n3)n(C)c2c1OC)NC(=O)C1CC1. The summed E-state index contributed by atoms with van der Waals surface area (Å²) in [6, 6.07) is -0.160. The molecule has 0 spiro atoms. The number of aromatic nitrogens is 5. The minimum Gasteiger partial charge on any atom is -0.491 e. The van der Waals surface area contributed by atoms with E-state index in [9.17, 15) is 26.7 Å². The molecule has 1 saturated carbocycles. The molecular formula is C27H29F5N8O4. The molecule has 1 amide bonds. The fourth-order valence-corrected chi connectivity index (χ4v) is 4.58. The second-order valence-electron chi connectivity index (χ2n) is 10.1. The van der Waals surface area contributed by atoms with Gasteiger partial charge in [-0.2, -0.15) is 32.0 Å². The van der Waals surface area contributed by atoms with Gasteiger partial charge >= 0.3 is 12.1 Å². The first kappa shape index (κ1) is 30.9. The Bertz CT molecular complexity index is 1630. The van der Waals surface area contributed by atoms with Crippen molar-refractivity contribution in [2.75, 3.05) is 25.6 Å². The number of alkyl halides is 5. The number of carbonyl (C=O) groups is 1. The minimum absolute atomic E-state index is 0.0317. The maximum absolute atomic E-state index is 14.5. The van der Waals surface area contributed by atoms with Gasteiger partial charge in [-0.3, -0.25) is 9.48 Å². The van der Waals surface area contributed by atoms with E-state index in [-0.39, 0.29) is 72.0 Å². The van der Waals surface area contributed by atoms with E-state index in [2.05, 4.69) is 37.4 Å². The predicted octanol–water partition coefficient (Wildman–Crippen LogP) is 4.88. The quantitative estimate of drug-likeness (QED) is 0.134. The van der Waals surface area contributed by atoms with E-state index >= 15 is 0 Å². The van der Waals surface area contributed by atoms with Crippen molar-refractivity contribution in [3.05, 3.63) is 41.7 Å². The van der Waals surface area contributed by atoms with Gasteiger partial charge < -0.3 is 29.4 Å². The Labute approximate surface area is 247 Å². The summed E-state index contributed by atoms with van der Waals surface area (Å²) in [5.74, 6) is -4.80. The van der Waals surface area contributed by atoms with Gasteiger partial charge in [0.25, 0.3) is 0 Å². The fraction of sp³-hybridized carbons (Fsp3) is 0.444. The van der Waals surface area contributed by atoms with Crippen LogP contribution >= 0.6 is 0 Å². The summed E-state index contributed by atoms with van der Waals surface area (Å²) in [6.45, 7) is 5.33. The smallest absolute Gasteiger partial charge is 0.459 e. The largest absolute Gasteiger partial charge is 0.491 e. The van der Waals surface area contributed by atoms with Crippen molar-refractivity contribution in [2.24, 2.45) is 18.0 Å². The van der Waals surface area contributed by atoms with Gasteiger partial charge in [0.1, 0.15) is 22.8 Å². The summed E-state index contributed by atoms with van der Waals surface area (Å²) in [6.07, 6.45) is 0.452. The highest BCUT2D eigenvalue weighted by Gasteiger charge is 2.61. The molecule has 1 atom stereocenters. The maximum atomic E-state index is 14.5. The van der Waals surface area contributed by atoms with Gasteiger partial charge in [-0.25, -0.2) is 9.98 Å². The number of fused-ring (bicyclic) bond motifs is 1. The molecule has 1 saturated heterocycles. The number of anilines is 2. The third kappa shape index (κ3) is 5.95. The molecule has 0 aromatic carbocycles. The molecule has 236 valence electrons. The molecule has 1 aliphatic heterocycles. The fourth-order valence-electron chi connectivity index (χ4n) is 4.58. The first-order valence-electron chi connectivity index (χ1n) is 13.5. The average Bonchev–Trinajstić information content (AvgIpc) is 3.38. The van der Waals surface area contributed by atoms with E-state index < -0.39 is 23.8 Å². The van der Waals surface area contributed by atoms with Crippen LogP contribution in [0.5, 0.6) is 11.5 Å². The third-order valence-electron chi connectivity index (χ3n) is 7.09. The normalized spacial score (nSPS) is 18.0. The second kappa shape index (κ2) is 11.9. The number of amides is 1. The summed E-state index contributed by atoms with van der Waals surface area (Å²) < 4.78 is 87.8. The molecule has 2 N–H and O–H groups in total. The van der Waals surface area contributed by atoms with Crippen molar-refractivity contribution >= 4 is 35.6 Å². The minimum atomic E-state index is -5.83. The lowest BCUT2D eigenvalue weighted by Gasteiger charge is -2.22. The van der Waals surface area contributed by atoms with E-state index in [4.69, 9.17) is 14.2 Å². The molecule has 0 radical (unpaired) electrons. The highest BCUT2D eigenvalue weighted by atomic mass is 19.4. The topological polar surface area (TPSA) is 130 Å². The number of nitrogens with zero attached hydrogens (tertiary/aromatic N) is 6. The summed E-state index contributed by atoms with van der Waals surface area (Å²) in [5.41, 5.74) is -0.839. The van der Waals surface area contributed by atoms with E-state index in [1.807, 2.05) is 0 Å². The van der Waals surface area contributed by atoms with E-state index in [1.165, 1.54) is 23.9 Å². The molecule has 0 bridgehead atoms. The molecule has 17 heteroatoms. The summed E-state index contributed by atoms with van der Waals surface area (Å²) in [7, 11) is 2.94. The van der Waals surface area contributed by atoms with Crippen LogP contribution in [0.15, 0.2) is 41.0 Å². The Hall–Kier alpha value is -4.54. The number of hydrogen-bond acceptors (Lipinski definition) is 9. The Balaban J connectivity index is 1.45. The standard InChI is InChI=1S/C27H29F5N8O4/c1-5-16(10-19(33-2)35-24(41)14-6-7-14)44-17-12-34-23-21(22(17)42-4)39(3)25(37-23)36-20-11-18(26(28,29)27(30,31)32)40(38-20)15-8-9-43-13-15/h5,10-12,14-15H,2,6-9,13H2,1,3-4H3,(H,35,41)(H,34,36,37,38)/b16-5+,19-10+. The molecule has 2 fully saturated rings. The number of halogens is 5. The summed E-state index contributed by atoms with van der Waals surface area (Å²) >= 11 is 0. The summed E-state index contributed by atoms with van der Waals surface area (Å²) in [4.78, 5) is 24.6. The van der Waals surface area contributed by atoms with Gasteiger partial charge in [0, 0.05) is 31.7 Å². The van der Waals surface area contributed by atoms with Crippen molar-refractivity contribution in [1.82, 2.24) is 29.6 Å². The summed E-state index contributed by atoms with van der Waals surface area (Å²) in [5, 5.41) is 9.43. The van der Waals surface area contributed by atoms with Crippen molar-refractivity contribution in [3.63, 3.8) is 0 Å². The number of pyridine rings is 1. The molecular weight excluding hydrogens is 595 g/mol. The predicted molar refractivity (Wildman–Crippen MR) is 148 cm³/mol. The number of carbonyl (C=O) groups excluding carboxylic acids is 1. The van der Waals surface area contributed by atoms with Crippen LogP contribution in [0.4, 0.5) is 33.7 Å². The lowest BCUT2D eigenvalue weighted by molar-refractivity contribution is -0.292. The molecule has 3 aromatic heterocycles. The maximum Gasteiger partial charge on any atom is 0.459 e. The van der Waals surface area contributed by atoms with Crippen LogP contribution in [0.1, 0.15) is 37.9 Å². The number of hydrogen-bond donors (Lipinski definition) is 2. The van der Waals surface area contributed by atoms with Crippen molar-refractivity contribution < 1.29 is 41.0 Å². The number of imidazole rings is 1. The van der Waals surface area contributed by atoms with Crippen molar-refractivity contribution in [2.45, 2.75) is 44.3 Å². The number of methoxy groups -OCH3 is 1. The molecule has 5 rings (SSSR count). The van der Waals surface area contributed by atoms with Gasteiger partial charge in [-0.1, -0.05) is 0 Å². The zero-order valence-corrected chi connectivity index (χ0v) is 23.9. The van der Waals surface area contributed by atoms with Crippen molar-refractivity contribution in [3.8, 4) is 11.5 Å². The van der Waals surface area contributed by atoms with Crippen LogP contribution < -0.4 is 20.1 Å². The number of aliphatic imine (C=N–C) groups is 1. The number of aryl methyl sites for hydroxylation is 1. The lowest BCUT2D eigenvalue weighted by atomic mass is 10.2. The Kier molecular flexibility index (Phi) is 8.33. The Morgan fingerprint density at radius 3 is 2.59 bits per heavy atom. The van der Waals surface area contributed by atoms with E-state index in [1.54, 1.807) is 20.0 Å². The van der Waals surface area contributed by atoms with Crippen LogP contribution in [0, 0.1) is 5.92 Å². The Morgan fingerprint density at radius 1 is 1.25 bits per heavy atom. The zero-order valence-electron chi connectivity index (χ0n) is 23.9. The van der Waals surface area contributed by atoms with Crippen LogP contribution in [0.2, 0.25) is 0 Å². The third-order valence-corrected chi connectivity index (χ3v) is 7.09. The molecule has 3 aromatic rings. The molecule has 1 unspecified atom stereocenters. The van der Waals surface area contributed by atoms with Crippen LogP contribution in [-0.4, -0.2) is 63.4 Å². The first-order chi connectivity index (χ1) is 20.9. The molecule has 44 heavy (non-hydrogen) atoms. The highest BCUT2D eigenvalue weighted by Crippen LogP contribution is 2.46. The molecule has 4 heterocycles. The Morgan fingerprint density at radius 2 is 2.00 bits per heavy atom. The van der Waals surface area contributed by atoms with Gasteiger partial charge in [0.15, 0.2) is 23.0 Å². The van der Waals surface area contributed by atoms with Crippen LogP contribution in [0.3, 0.4) is 0 Å². The lowest BCUT2D eigenvalue weighted by Crippen LogP contribution is -2.36. The van der Waals surface area contributed by atoms with Crippen molar-refractivity contribution in [1.29, 1.82) is 0 Å². The number of allylic oxidation sites excluding steroid dienone is 2. The first-order valence-corrected chi connectivity index (χ1v) is 13.5. The second-order valence-corrected chi connectivity index (χ2v) is 10.1. The van der Waals surface area contributed by atoms with Gasteiger partial charge in [0.2, 0.25) is 11.9 Å². The van der Waals surface area contributed by atoms with Gasteiger partial charge in [0.05, 0.1) is 26.0 Å². The van der Waals surface area contributed by atoms with E-state index in [0.717, 1.165) is 12.8 Å².